The van der Waals surface area contributed by atoms with Gasteiger partial charge in [-0.3, -0.25) is 0 Å². The first-order valence-electron chi connectivity index (χ1n) is 5.15. The second kappa shape index (κ2) is 6.49. The van der Waals surface area contributed by atoms with Crippen molar-refractivity contribution in [3.63, 3.8) is 0 Å². The van der Waals surface area contributed by atoms with E-state index in [0.29, 0.717) is 10.9 Å². The van der Waals surface area contributed by atoms with Crippen LogP contribution in [0, 0.1) is 11.6 Å². The Morgan fingerprint density at radius 2 is 2.17 bits per heavy atom. The fourth-order valence-corrected chi connectivity index (χ4v) is 1.66. The Hall–Kier alpha value is -1.43. The molecule has 1 aromatic carbocycles. The first-order chi connectivity index (χ1) is 8.45. The molecule has 0 saturated heterocycles. The molecule has 0 fully saturated rings. The maximum atomic E-state index is 13.3. The van der Waals surface area contributed by atoms with Crippen molar-refractivity contribution in [3.8, 4) is 5.75 Å². The molecule has 6 heteroatoms. The van der Waals surface area contributed by atoms with Gasteiger partial charge in [0.15, 0.2) is 11.6 Å². The van der Waals surface area contributed by atoms with Gasteiger partial charge in [0.2, 0.25) is 5.82 Å². The molecule has 0 bridgehead atoms. The summed E-state index contributed by atoms with van der Waals surface area (Å²) in [5, 5.41) is 8.75. The average molecular weight is 321 g/mol. The van der Waals surface area contributed by atoms with E-state index in [-0.39, 0.29) is 17.9 Å². The Labute approximate surface area is 111 Å². The van der Waals surface area contributed by atoms with Crippen LogP contribution in [0.3, 0.4) is 0 Å². The van der Waals surface area contributed by atoms with Crippen LogP contribution in [0.2, 0.25) is 0 Å². The molecule has 0 aromatic heterocycles. The van der Waals surface area contributed by atoms with Crippen molar-refractivity contribution in [1.29, 1.82) is 0 Å². The summed E-state index contributed by atoms with van der Waals surface area (Å²) in [7, 11) is 0. The third kappa shape index (κ3) is 3.80. The summed E-state index contributed by atoms with van der Waals surface area (Å²) in [4.78, 5) is 10.7. The predicted octanol–water partition coefficient (Wildman–Crippen LogP) is 3.53. The van der Waals surface area contributed by atoms with Crippen LogP contribution in [0.5, 0.6) is 5.75 Å². The van der Waals surface area contributed by atoms with Gasteiger partial charge in [0.05, 0.1) is 0 Å². The zero-order valence-electron chi connectivity index (χ0n) is 9.54. The highest BCUT2D eigenvalue weighted by molar-refractivity contribution is 9.10. The van der Waals surface area contributed by atoms with E-state index in [1.807, 2.05) is 0 Å². The second-order valence-electron chi connectivity index (χ2n) is 3.40. The number of hydrogen-bond donors (Lipinski definition) is 1. The minimum absolute atomic E-state index is 0.137. The number of hydrogen-bond acceptors (Lipinski definition) is 2. The molecule has 0 radical (unpaired) electrons. The Balaban J connectivity index is 2.78. The van der Waals surface area contributed by atoms with Crippen LogP contribution in [-0.2, 0) is 4.79 Å². The molecule has 0 aliphatic heterocycles. The molecule has 98 valence electrons. The van der Waals surface area contributed by atoms with Crippen molar-refractivity contribution in [1.82, 2.24) is 0 Å². The normalized spacial score (nSPS) is 11.4. The lowest BCUT2D eigenvalue weighted by molar-refractivity contribution is -0.132. The number of carboxylic acids is 1. The third-order valence-electron chi connectivity index (χ3n) is 2.18. The lowest BCUT2D eigenvalue weighted by Gasteiger charge is -2.06. The Morgan fingerprint density at radius 3 is 2.72 bits per heavy atom. The standard InChI is InChI=1S/C12H11BrF2O3/c1-2-7(12(16)17)3-4-18-10-6-8(13)5-9(14)11(10)15/h3,5-6H,2,4H2,1H3,(H,16,17)/b7-3-. The molecule has 1 N–H and O–H groups in total. The van der Waals surface area contributed by atoms with Crippen LogP contribution in [-0.4, -0.2) is 17.7 Å². The molecule has 0 aliphatic rings. The minimum Gasteiger partial charge on any atom is -0.486 e. The zero-order valence-corrected chi connectivity index (χ0v) is 11.1. The van der Waals surface area contributed by atoms with E-state index in [1.54, 1.807) is 6.92 Å². The number of aliphatic carboxylic acids is 1. The Bertz CT molecular complexity index is 486. The van der Waals surface area contributed by atoms with Crippen molar-refractivity contribution in [2.45, 2.75) is 13.3 Å². The van der Waals surface area contributed by atoms with E-state index in [4.69, 9.17) is 9.84 Å². The molecule has 3 nitrogen and oxygen atoms in total. The zero-order chi connectivity index (χ0) is 13.7. The van der Waals surface area contributed by atoms with Crippen LogP contribution < -0.4 is 4.74 Å². The molecular weight excluding hydrogens is 310 g/mol. The fourth-order valence-electron chi connectivity index (χ4n) is 1.25. The SMILES string of the molecule is CC/C(=C/COc1cc(Br)cc(F)c1F)C(=O)O. The molecule has 0 saturated carbocycles. The van der Waals surface area contributed by atoms with Gasteiger partial charge in [-0.2, -0.15) is 4.39 Å². The van der Waals surface area contributed by atoms with Crippen LogP contribution >= 0.6 is 15.9 Å². The summed E-state index contributed by atoms with van der Waals surface area (Å²) in [5.74, 6) is -3.45. The number of benzene rings is 1. The van der Waals surface area contributed by atoms with Gasteiger partial charge in [0.25, 0.3) is 0 Å². The molecule has 0 amide bonds. The fraction of sp³-hybridized carbons (Fsp3) is 0.250. The first-order valence-corrected chi connectivity index (χ1v) is 5.94. The largest absolute Gasteiger partial charge is 0.486 e. The number of ether oxygens (including phenoxy) is 1. The molecule has 0 heterocycles. The van der Waals surface area contributed by atoms with Gasteiger partial charge in [-0.05, 0) is 24.6 Å². The monoisotopic (exact) mass is 320 g/mol. The van der Waals surface area contributed by atoms with Gasteiger partial charge in [0, 0.05) is 10.0 Å². The number of carbonyl (C=O) groups is 1. The summed E-state index contributed by atoms with van der Waals surface area (Å²) in [6, 6.07) is 2.26. The molecule has 1 rings (SSSR count). The molecule has 0 aliphatic carbocycles. The highest BCUT2D eigenvalue weighted by atomic mass is 79.9. The van der Waals surface area contributed by atoms with E-state index < -0.39 is 17.6 Å². The van der Waals surface area contributed by atoms with Crippen LogP contribution in [0.4, 0.5) is 8.78 Å². The lowest BCUT2D eigenvalue weighted by atomic mass is 10.2. The highest BCUT2D eigenvalue weighted by Crippen LogP contribution is 2.25. The molecule has 1 aromatic rings. The van der Waals surface area contributed by atoms with E-state index in [0.717, 1.165) is 6.07 Å². The van der Waals surface area contributed by atoms with Gasteiger partial charge < -0.3 is 9.84 Å². The van der Waals surface area contributed by atoms with Crippen LogP contribution in [0.25, 0.3) is 0 Å². The van der Waals surface area contributed by atoms with Crippen molar-refractivity contribution < 1.29 is 23.4 Å². The molecule has 18 heavy (non-hydrogen) atoms. The number of rotatable bonds is 5. The van der Waals surface area contributed by atoms with E-state index in [2.05, 4.69) is 15.9 Å². The van der Waals surface area contributed by atoms with Crippen molar-refractivity contribution >= 4 is 21.9 Å². The minimum atomic E-state index is -1.10. The van der Waals surface area contributed by atoms with Gasteiger partial charge >= 0.3 is 5.97 Å². The Morgan fingerprint density at radius 1 is 1.50 bits per heavy atom. The quantitative estimate of drug-likeness (QED) is 0.667. The number of carboxylic acid groups (broad SMARTS) is 1. The van der Waals surface area contributed by atoms with Gasteiger partial charge in [-0.25, -0.2) is 9.18 Å². The smallest absolute Gasteiger partial charge is 0.331 e. The summed E-state index contributed by atoms with van der Waals surface area (Å²) >= 11 is 3.01. The van der Waals surface area contributed by atoms with Gasteiger partial charge in [0.1, 0.15) is 6.61 Å². The van der Waals surface area contributed by atoms with Crippen LogP contribution in [0.15, 0.2) is 28.3 Å². The van der Waals surface area contributed by atoms with E-state index in [9.17, 15) is 13.6 Å². The first kappa shape index (κ1) is 14.6. The lowest BCUT2D eigenvalue weighted by Crippen LogP contribution is -2.04. The summed E-state index contributed by atoms with van der Waals surface area (Å²) in [5.41, 5.74) is 0.158. The summed E-state index contributed by atoms with van der Waals surface area (Å²) in [6.07, 6.45) is 1.65. The van der Waals surface area contributed by atoms with Gasteiger partial charge in [-0.15, -0.1) is 0 Å². The van der Waals surface area contributed by atoms with Crippen molar-refractivity contribution in [3.05, 3.63) is 39.9 Å². The molecular formula is C12H11BrF2O3. The molecule has 0 unspecified atom stereocenters. The van der Waals surface area contributed by atoms with Crippen molar-refractivity contribution in [2.75, 3.05) is 6.61 Å². The highest BCUT2D eigenvalue weighted by Gasteiger charge is 2.11. The van der Waals surface area contributed by atoms with Crippen molar-refractivity contribution in [2.24, 2.45) is 0 Å². The predicted molar refractivity (Wildman–Crippen MR) is 65.6 cm³/mol. The number of halogens is 3. The second-order valence-corrected chi connectivity index (χ2v) is 4.31. The van der Waals surface area contributed by atoms with Crippen LogP contribution in [0.1, 0.15) is 13.3 Å². The maximum absolute atomic E-state index is 13.3. The molecule has 0 spiro atoms. The van der Waals surface area contributed by atoms with Gasteiger partial charge in [-0.1, -0.05) is 22.9 Å². The maximum Gasteiger partial charge on any atom is 0.331 e. The Kier molecular flexibility index (Phi) is 5.27. The van der Waals surface area contributed by atoms with E-state index in [1.165, 1.54) is 12.1 Å². The summed E-state index contributed by atoms with van der Waals surface area (Å²) in [6.45, 7) is 1.54. The third-order valence-corrected chi connectivity index (χ3v) is 2.64. The topological polar surface area (TPSA) is 46.5 Å². The van der Waals surface area contributed by atoms with E-state index >= 15 is 0 Å². The molecule has 0 atom stereocenters. The summed E-state index contributed by atoms with van der Waals surface area (Å²) < 4.78 is 31.7. The average Bonchev–Trinajstić information content (AvgIpc) is 2.30.